The first kappa shape index (κ1) is 17.8. The van der Waals surface area contributed by atoms with Crippen LogP contribution in [0.5, 0.6) is 0 Å². The number of H-pyrrole nitrogens is 1. The van der Waals surface area contributed by atoms with E-state index in [9.17, 15) is 17.6 Å². The summed E-state index contributed by atoms with van der Waals surface area (Å²) in [4.78, 5) is 19.9. The van der Waals surface area contributed by atoms with E-state index < -0.39 is 15.5 Å². The Labute approximate surface area is 154 Å². The van der Waals surface area contributed by atoms with Gasteiger partial charge in [-0.1, -0.05) is 24.3 Å². The summed E-state index contributed by atoms with van der Waals surface area (Å²) < 4.78 is 45.0. The van der Waals surface area contributed by atoms with Gasteiger partial charge < -0.3 is 4.98 Å². The van der Waals surface area contributed by atoms with Crippen LogP contribution in [0.15, 0.2) is 53.3 Å². The Bertz CT molecular complexity index is 1170. The molecule has 3 aromatic rings. The molecular formula is C19H17FN2O4S. The van der Waals surface area contributed by atoms with Crippen LogP contribution in [0.4, 0.5) is 4.39 Å². The molecule has 4 rings (SSSR count). The number of nitrogens with one attached hydrogen (secondary N) is 1. The van der Waals surface area contributed by atoms with Gasteiger partial charge in [-0.3, -0.25) is 9.35 Å². The number of hydrogen-bond acceptors (Lipinski definition) is 4. The van der Waals surface area contributed by atoms with Crippen molar-refractivity contribution in [2.45, 2.75) is 18.3 Å². The van der Waals surface area contributed by atoms with E-state index in [1.807, 2.05) is 0 Å². The summed E-state index contributed by atoms with van der Waals surface area (Å²) in [6, 6.07) is 12.8. The average molecular weight is 388 g/mol. The molecule has 0 unspecified atom stereocenters. The molecule has 0 atom stereocenters. The second kappa shape index (κ2) is 6.24. The van der Waals surface area contributed by atoms with Gasteiger partial charge in [-0.25, -0.2) is 9.37 Å². The molecule has 1 saturated carbocycles. The van der Waals surface area contributed by atoms with Gasteiger partial charge in [0.25, 0.3) is 15.7 Å². The lowest BCUT2D eigenvalue weighted by Crippen LogP contribution is -2.46. The highest BCUT2D eigenvalue weighted by molar-refractivity contribution is 7.85. The van der Waals surface area contributed by atoms with Crippen LogP contribution in [0, 0.1) is 11.7 Å². The Morgan fingerprint density at radius 2 is 1.81 bits per heavy atom. The third-order valence-corrected chi connectivity index (χ3v) is 6.08. The van der Waals surface area contributed by atoms with Gasteiger partial charge in [0, 0.05) is 0 Å². The number of halogens is 1. The highest BCUT2D eigenvalue weighted by atomic mass is 32.2. The number of para-hydroxylation sites is 1. The largest absolute Gasteiger partial charge is 0.309 e. The minimum absolute atomic E-state index is 0.276. The van der Waals surface area contributed by atoms with E-state index in [0.29, 0.717) is 29.6 Å². The van der Waals surface area contributed by atoms with Crippen LogP contribution >= 0.6 is 0 Å². The van der Waals surface area contributed by atoms with Crippen molar-refractivity contribution in [2.75, 3.05) is 5.75 Å². The lowest BCUT2D eigenvalue weighted by Gasteiger charge is -2.47. The molecule has 1 aromatic heterocycles. The van der Waals surface area contributed by atoms with Gasteiger partial charge in [-0.15, -0.1) is 0 Å². The summed E-state index contributed by atoms with van der Waals surface area (Å²) in [6.45, 7) is 0. The number of nitrogens with zero attached hydrogens (tertiary/aromatic N) is 1. The van der Waals surface area contributed by atoms with Gasteiger partial charge in [-0.05, 0) is 48.6 Å². The van der Waals surface area contributed by atoms with Gasteiger partial charge >= 0.3 is 0 Å². The molecule has 27 heavy (non-hydrogen) atoms. The third-order valence-electron chi connectivity index (χ3n) is 5.18. The Morgan fingerprint density at radius 3 is 2.48 bits per heavy atom. The summed E-state index contributed by atoms with van der Waals surface area (Å²) in [5.74, 6) is -0.595. The molecule has 8 heteroatoms. The number of aromatic nitrogens is 2. The van der Waals surface area contributed by atoms with Crippen molar-refractivity contribution in [2.24, 2.45) is 5.92 Å². The summed E-state index contributed by atoms with van der Waals surface area (Å²) in [5.41, 5.74) is 0.270. The minimum Gasteiger partial charge on any atom is -0.309 e. The number of rotatable bonds is 4. The van der Waals surface area contributed by atoms with E-state index in [1.165, 1.54) is 12.1 Å². The standard InChI is InChI=1S/C19H17FN2O4S/c20-14-7-5-13(6-8-14)19(9-12(10-19)11-27(24,25)26)18-21-16-4-2-1-3-15(16)17(23)22-18/h1-8,12H,9-11H2,(H,21,22,23)(H,24,25,26). The highest BCUT2D eigenvalue weighted by Gasteiger charge is 2.50. The second-order valence-electron chi connectivity index (χ2n) is 7.04. The molecule has 0 amide bonds. The summed E-state index contributed by atoms with van der Waals surface area (Å²) in [5, 5.41) is 0.462. The van der Waals surface area contributed by atoms with Crippen LogP contribution in [-0.2, 0) is 15.5 Å². The zero-order valence-corrected chi connectivity index (χ0v) is 15.0. The zero-order chi connectivity index (χ0) is 19.2. The van der Waals surface area contributed by atoms with Crippen LogP contribution in [0.2, 0.25) is 0 Å². The van der Waals surface area contributed by atoms with Crippen molar-refractivity contribution < 1.29 is 17.4 Å². The quantitative estimate of drug-likeness (QED) is 0.670. The van der Waals surface area contributed by atoms with E-state index in [4.69, 9.17) is 4.55 Å². The number of benzene rings is 2. The van der Waals surface area contributed by atoms with Crippen molar-refractivity contribution >= 4 is 21.0 Å². The van der Waals surface area contributed by atoms with Crippen molar-refractivity contribution in [1.29, 1.82) is 0 Å². The first-order valence-corrected chi connectivity index (χ1v) is 10.1. The van der Waals surface area contributed by atoms with E-state index in [1.54, 1.807) is 36.4 Å². The van der Waals surface area contributed by atoms with Crippen LogP contribution in [0.25, 0.3) is 10.9 Å². The molecular weight excluding hydrogens is 371 g/mol. The lowest BCUT2D eigenvalue weighted by molar-refractivity contribution is 0.189. The molecule has 0 spiro atoms. The Hall–Kier alpha value is -2.58. The van der Waals surface area contributed by atoms with Gasteiger partial charge in [0.15, 0.2) is 0 Å². The summed E-state index contributed by atoms with van der Waals surface area (Å²) in [6.07, 6.45) is 0.749. The maximum Gasteiger partial charge on any atom is 0.265 e. The Kier molecular flexibility index (Phi) is 4.12. The smallest absolute Gasteiger partial charge is 0.265 e. The molecule has 1 aliphatic rings. The molecule has 0 saturated heterocycles. The van der Waals surface area contributed by atoms with Crippen LogP contribution in [-0.4, -0.2) is 28.7 Å². The average Bonchev–Trinajstić information content (AvgIpc) is 2.58. The molecule has 0 aliphatic heterocycles. The molecule has 1 aliphatic carbocycles. The van der Waals surface area contributed by atoms with Crippen LogP contribution in [0.3, 0.4) is 0 Å². The lowest BCUT2D eigenvalue weighted by atomic mass is 9.58. The Balaban J connectivity index is 1.82. The highest BCUT2D eigenvalue weighted by Crippen LogP contribution is 2.51. The van der Waals surface area contributed by atoms with Gasteiger partial charge in [0.05, 0.1) is 22.1 Å². The van der Waals surface area contributed by atoms with E-state index in [2.05, 4.69) is 9.97 Å². The maximum atomic E-state index is 13.4. The van der Waals surface area contributed by atoms with E-state index >= 15 is 0 Å². The minimum atomic E-state index is -4.10. The SMILES string of the molecule is O=c1[nH]c(C2(c3ccc(F)cc3)CC(CS(=O)(=O)O)C2)nc2ccccc12. The molecule has 6 nitrogen and oxygen atoms in total. The fraction of sp³-hybridized carbons (Fsp3) is 0.263. The third kappa shape index (κ3) is 3.26. The predicted octanol–water partition coefficient (Wildman–Crippen LogP) is 2.65. The van der Waals surface area contributed by atoms with E-state index in [0.717, 1.165) is 5.56 Å². The topological polar surface area (TPSA) is 100 Å². The van der Waals surface area contributed by atoms with E-state index in [-0.39, 0.29) is 23.0 Å². The fourth-order valence-corrected chi connectivity index (χ4v) is 4.82. The molecule has 0 radical (unpaired) electrons. The van der Waals surface area contributed by atoms with Crippen molar-refractivity contribution in [3.8, 4) is 0 Å². The van der Waals surface area contributed by atoms with Gasteiger partial charge in [0.1, 0.15) is 11.6 Å². The van der Waals surface area contributed by atoms with Gasteiger partial charge in [0.2, 0.25) is 0 Å². The second-order valence-corrected chi connectivity index (χ2v) is 8.54. The predicted molar refractivity (Wildman–Crippen MR) is 98.7 cm³/mol. The van der Waals surface area contributed by atoms with Crippen LogP contribution in [0.1, 0.15) is 24.2 Å². The number of aromatic amines is 1. The molecule has 0 bridgehead atoms. The monoisotopic (exact) mass is 388 g/mol. The fourth-order valence-electron chi connectivity index (χ4n) is 3.99. The molecule has 1 fully saturated rings. The van der Waals surface area contributed by atoms with Crippen molar-refractivity contribution in [1.82, 2.24) is 9.97 Å². The number of hydrogen-bond donors (Lipinski definition) is 2. The number of fused-ring (bicyclic) bond motifs is 1. The zero-order valence-electron chi connectivity index (χ0n) is 14.2. The molecule has 140 valence electrons. The molecule has 2 N–H and O–H groups in total. The normalized spacial score (nSPS) is 22.5. The Morgan fingerprint density at radius 1 is 1.15 bits per heavy atom. The summed E-state index contributed by atoms with van der Waals surface area (Å²) in [7, 11) is -4.10. The molecule has 1 heterocycles. The van der Waals surface area contributed by atoms with Crippen molar-refractivity contribution in [3.05, 3.63) is 76.1 Å². The first-order valence-electron chi connectivity index (χ1n) is 8.48. The van der Waals surface area contributed by atoms with Crippen molar-refractivity contribution in [3.63, 3.8) is 0 Å². The van der Waals surface area contributed by atoms with Crippen LogP contribution < -0.4 is 5.56 Å². The first-order chi connectivity index (χ1) is 12.8. The van der Waals surface area contributed by atoms with Gasteiger partial charge in [-0.2, -0.15) is 8.42 Å². The summed E-state index contributed by atoms with van der Waals surface area (Å²) >= 11 is 0. The molecule has 2 aromatic carbocycles. The maximum absolute atomic E-state index is 13.4.